The van der Waals surface area contributed by atoms with Gasteiger partial charge in [0.25, 0.3) is 5.91 Å². The highest BCUT2D eigenvalue weighted by Crippen LogP contribution is 2.22. The molecule has 4 heteroatoms. The zero-order valence-corrected chi connectivity index (χ0v) is 12.6. The Bertz CT molecular complexity index is 424. The summed E-state index contributed by atoms with van der Waals surface area (Å²) >= 11 is 0. The van der Waals surface area contributed by atoms with Gasteiger partial charge in [-0.1, -0.05) is 26.2 Å². The molecule has 1 aliphatic carbocycles. The summed E-state index contributed by atoms with van der Waals surface area (Å²) in [6.45, 7) is 3.05. The Hall–Kier alpha value is -1.58. The number of amides is 1. The van der Waals surface area contributed by atoms with Gasteiger partial charge in [0, 0.05) is 19.6 Å². The fourth-order valence-corrected chi connectivity index (χ4v) is 2.71. The lowest BCUT2D eigenvalue weighted by molar-refractivity contribution is 0.0690. The predicted octanol–water partition coefficient (Wildman–Crippen LogP) is 3.31. The highest BCUT2D eigenvalue weighted by atomic mass is 16.2. The van der Waals surface area contributed by atoms with E-state index in [1.807, 2.05) is 24.1 Å². The third-order valence-electron chi connectivity index (χ3n) is 4.00. The Kier molecular flexibility index (Phi) is 5.39. The van der Waals surface area contributed by atoms with Crippen LogP contribution in [0.1, 0.15) is 55.9 Å². The van der Waals surface area contributed by atoms with Crippen molar-refractivity contribution in [3.05, 3.63) is 24.0 Å². The zero-order chi connectivity index (χ0) is 14.4. The molecular weight excluding hydrogens is 250 g/mol. The van der Waals surface area contributed by atoms with Crippen molar-refractivity contribution in [2.24, 2.45) is 0 Å². The van der Waals surface area contributed by atoms with E-state index in [9.17, 15) is 4.79 Å². The van der Waals surface area contributed by atoms with Gasteiger partial charge in [-0.05, 0) is 31.4 Å². The second-order valence-corrected chi connectivity index (χ2v) is 5.57. The molecule has 1 fully saturated rings. The predicted molar refractivity (Wildman–Crippen MR) is 82.0 cm³/mol. The van der Waals surface area contributed by atoms with Crippen molar-refractivity contribution in [1.82, 2.24) is 9.88 Å². The van der Waals surface area contributed by atoms with E-state index in [1.54, 1.807) is 6.20 Å². The van der Waals surface area contributed by atoms with Gasteiger partial charge >= 0.3 is 0 Å². The van der Waals surface area contributed by atoms with Crippen LogP contribution in [-0.2, 0) is 0 Å². The average Bonchev–Trinajstić information content (AvgIpc) is 2.53. The van der Waals surface area contributed by atoms with Crippen molar-refractivity contribution >= 4 is 11.6 Å². The van der Waals surface area contributed by atoms with E-state index in [2.05, 4.69) is 17.2 Å². The number of anilines is 1. The van der Waals surface area contributed by atoms with Gasteiger partial charge in [-0.25, -0.2) is 4.98 Å². The molecule has 20 heavy (non-hydrogen) atoms. The lowest BCUT2D eigenvalue weighted by Crippen LogP contribution is -2.38. The van der Waals surface area contributed by atoms with E-state index < -0.39 is 0 Å². The van der Waals surface area contributed by atoms with Crippen LogP contribution in [-0.4, -0.2) is 35.4 Å². The smallest absolute Gasteiger partial charge is 0.272 e. The molecule has 1 heterocycles. The molecule has 1 amide bonds. The molecule has 0 atom stereocenters. The van der Waals surface area contributed by atoms with Crippen LogP contribution >= 0.6 is 0 Å². The number of carbonyl (C=O) groups excluding carboxylic acids is 1. The van der Waals surface area contributed by atoms with Gasteiger partial charge in [-0.3, -0.25) is 4.79 Å². The Morgan fingerprint density at radius 3 is 2.70 bits per heavy atom. The van der Waals surface area contributed by atoms with Gasteiger partial charge in [0.15, 0.2) is 0 Å². The van der Waals surface area contributed by atoms with E-state index in [0.717, 1.165) is 31.5 Å². The maximum Gasteiger partial charge on any atom is 0.272 e. The van der Waals surface area contributed by atoms with E-state index >= 15 is 0 Å². The second-order valence-electron chi connectivity index (χ2n) is 5.57. The largest absolute Gasteiger partial charge is 0.384 e. The van der Waals surface area contributed by atoms with E-state index in [1.165, 1.54) is 19.3 Å². The Balaban J connectivity index is 1.97. The highest BCUT2D eigenvalue weighted by Gasteiger charge is 2.23. The molecule has 0 spiro atoms. The molecule has 1 saturated carbocycles. The quantitative estimate of drug-likeness (QED) is 0.896. The number of nitrogens with one attached hydrogen (secondary N) is 1. The molecule has 0 aliphatic heterocycles. The molecule has 1 aliphatic rings. The topological polar surface area (TPSA) is 45.2 Å². The standard InChI is InChI=1S/C16H25N3O/c1-3-11-17-13-9-10-15(18-12-13)16(20)19(2)14-7-5-4-6-8-14/h9-10,12,14,17H,3-8,11H2,1-2H3. The number of hydrogen-bond donors (Lipinski definition) is 1. The molecule has 0 radical (unpaired) electrons. The highest BCUT2D eigenvalue weighted by molar-refractivity contribution is 5.92. The molecule has 1 N–H and O–H groups in total. The van der Waals surface area contributed by atoms with Crippen molar-refractivity contribution in [2.75, 3.05) is 18.9 Å². The van der Waals surface area contributed by atoms with Crippen LogP contribution in [0.4, 0.5) is 5.69 Å². The molecule has 0 unspecified atom stereocenters. The number of aromatic nitrogens is 1. The number of nitrogens with zero attached hydrogens (tertiary/aromatic N) is 2. The summed E-state index contributed by atoms with van der Waals surface area (Å²) in [5, 5.41) is 3.27. The molecule has 2 rings (SSSR count). The molecule has 0 aromatic carbocycles. The minimum Gasteiger partial charge on any atom is -0.384 e. The fourth-order valence-electron chi connectivity index (χ4n) is 2.71. The van der Waals surface area contributed by atoms with Crippen LogP contribution in [0.2, 0.25) is 0 Å². The SMILES string of the molecule is CCCNc1ccc(C(=O)N(C)C2CCCCC2)nc1. The number of rotatable bonds is 5. The number of pyridine rings is 1. The van der Waals surface area contributed by atoms with Crippen molar-refractivity contribution in [3.8, 4) is 0 Å². The first-order valence-electron chi connectivity index (χ1n) is 7.69. The summed E-state index contributed by atoms with van der Waals surface area (Å²) in [5.74, 6) is 0.0407. The third-order valence-corrected chi connectivity index (χ3v) is 4.00. The number of carbonyl (C=O) groups is 1. The van der Waals surface area contributed by atoms with Crippen LogP contribution in [0, 0.1) is 0 Å². The zero-order valence-electron chi connectivity index (χ0n) is 12.6. The minimum atomic E-state index is 0.0407. The summed E-state index contributed by atoms with van der Waals surface area (Å²) in [7, 11) is 1.91. The fraction of sp³-hybridized carbons (Fsp3) is 0.625. The van der Waals surface area contributed by atoms with E-state index in [0.29, 0.717) is 11.7 Å². The van der Waals surface area contributed by atoms with Crippen LogP contribution in [0.5, 0.6) is 0 Å². The molecule has 0 bridgehead atoms. The molecule has 1 aromatic rings. The second kappa shape index (κ2) is 7.27. The van der Waals surface area contributed by atoms with Gasteiger partial charge in [-0.15, -0.1) is 0 Å². The maximum absolute atomic E-state index is 12.4. The Morgan fingerprint density at radius 2 is 2.10 bits per heavy atom. The van der Waals surface area contributed by atoms with E-state index in [4.69, 9.17) is 0 Å². The maximum atomic E-state index is 12.4. The van der Waals surface area contributed by atoms with Crippen molar-refractivity contribution in [1.29, 1.82) is 0 Å². The van der Waals surface area contributed by atoms with Gasteiger partial charge in [0.1, 0.15) is 5.69 Å². The van der Waals surface area contributed by atoms with E-state index in [-0.39, 0.29) is 5.91 Å². The lowest BCUT2D eigenvalue weighted by atomic mass is 9.94. The summed E-state index contributed by atoms with van der Waals surface area (Å²) in [5.41, 5.74) is 1.52. The summed E-state index contributed by atoms with van der Waals surface area (Å²) in [6, 6.07) is 4.14. The Morgan fingerprint density at radius 1 is 1.35 bits per heavy atom. The first-order chi connectivity index (χ1) is 9.72. The molecular formula is C16H25N3O. The van der Waals surface area contributed by atoms with Crippen LogP contribution in [0.15, 0.2) is 18.3 Å². The molecule has 4 nitrogen and oxygen atoms in total. The van der Waals surface area contributed by atoms with Crippen molar-refractivity contribution in [3.63, 3.8) is 0 Å². The summed E-state index contributed by atoms with van der Waals surface area (Å²) < 4.78 is 0. The minimum absolute atomic E-state index is 0.0407. The molecule has 0 saturated heterocycles. The third kappa shape index (κ3) is 3.71. The van der Waals surface area contributed by atoms with Crippen molar-refractivity contribution in [2.45, 2.75) is 51.5 Å². The summed E-state index contributed by atoms with van der Waals surface area (Å²) in [4.78, 5) is 18.6. The van der Waals surface area contributed by atoms with Gasteiger partial charge < -0.3 is 10.2 Å². The first kappa shape index (κ1) is 14.8. The van der Waals surface area contributed by atoms with Gasteiger partial charge in [0.05, 0.1) is 11.9 Å². The molecule has 1 aromatic heterocycles. The summed E-state index contributed by atoms with van der Waals surface area (Å²) in [6.07, 6.45) is 8.83. The Labute approximate surface area is 121 Å². The van der Waals surface area contributed by atoms with Crippen LogP contribution in [0.25, 0.3) is 0 Å². The van der Waals surface area contributed by atoms with Gasteiger partial charge in [-0.2, -0.15) is 0 Å². The monoisotopic (exact) mass is 275 g/mol. The van der Waals surface area contributed by atoms with Crippen LogP contribution < -0.4 is 5.32 Å². The van der Waals surface area contributed by atoms with Crippen molar-refractivity contribution < 1.29 is 4.79 Å². The lowest BCUT2D eigenvalue weighted by Gasteiger charge is -2.31. The van der Waals surface area contributed by atoms with Crippen LogP contribution in [0.3, 0.4) is 0 Å². The normalized spacial score (nSPS) is 15.9. The first-order valence-corrected chi connectivity index (χ1v) is 7.69. The average molecular weight is 275 g/mol. The molecule has 110 valence electrons. The number of hydrogen-bond acceptors (Lipinski definition) is 3. The van der Waals surface area contributed by atoms with Gasteiger partial charge in [0.2, 0.25) is 0 Å².